The van der Waals surface area contributed by atoms with Crippen LogP contribution in [-0.2, 0) is 13.5 Å². The highest BCUT2D eigenvalue weighted by Crippen LogP contribution is 2.39. The Morgan fingerprint density at radius 2 is 2.11 bits per heavy atom. The second-order valence-electron chi connectivity index (χ2n) is 6.83. The van der Waals surface area contributed by atoms with Crippen LogP contribution in [0, 0.1) is 6.92 Å². The maximum atomic E-state index is 12.8. The van der Waals surface area contributed by atoms with Gasteiger partial charge in [0.1, 0.15) is 5.82 Å². The average Bonchev–Trinajstić information content (AvgIpc) is 3.26. The summed E-state index contributed by atoms with van der Waals surface area (Å²) in [5.41, 5.74) is 3.12. The van der Waals surface area contributed by atoms with Crippen molar-refractivity contribution in [1.82, 2.24) is 14.7 Å². The number of nitrogens with one attached hydrogen (secondary N) is 1. The summed E-state index contributed by atoms with van der Waals surface area (Å²) < 4.78 is 12.7. The summed E-state index contributed by atoms with van der Waals surface area (Å²) in [5, 5.41) is 7.47. The number of carbonyl (C=O) groups excluding carboxylic acids is 1. The van der Waals surface area contributed by atoms with Crippen LogP contribution in [0.1, 0.15) is 36.1 Å². The van der Waals surface area contributed by atoms with Crippen molar-refractivity contribution in [1.29, 1.82) is 0 Å². The van der Waals surface area contributed by atoms with E-state index in [-0.39, 0.29) is 11.9 Å². The van der Waals surface area contributed by atoms with Crippen molar-refractivity contribution in [2.45, 2.75) is 32.6 Å². The number of nitrogens with zero attached hydrogens (tertiary/aromatic N) is 3. The first kappa shape index (κ1) is 19.1. The van der Waals surface area contributed by atoms with Gasteiger partial charge in [-0.2, -0.15) is 5.10 Å². The second kappa shape index (κ2) is 7.90. The molecule has 0 bridgehead atoms. The largest absolute Gasteiger partial charge is 0.493 e. The van der Waals surface area contributed by atoms with E-state index in [2.05, 4.69) is 17.3 Å². The minimum Gasteiger partial charge on any atom is -0.493 e. The molecule has 2 aromatic rings. The standard InChI is InChI=1S/C20H28N4O3/c1-6-15-13(2)22-23(3)19(15)21-20(25)24-11-10-14(12-24)16-8-7-9-17(26-4)18(16)27-5/h7-9,14H,6,10-12H2,1-5H3,(H,21,25)/t14-/m1/s1. The molecule has 146 valence electrons. The van der Waals surface area contributed by atoms with E-state index in [1.807, 2.05) is 37.1 Å². The van der Waals surface area contributed by atoms with Gasteiger partial charge in [0.05, 0.1) is 19.9 Å². The molecule has 3 rings (SSSR count). The summed E-state index contributed by atoms with van der Waals surface area (Å²) in [6.45, 7) is 5.39. The molecule has 0 unspecified atom stereocenters. The van der Waals surface area contributed by atoms with E-state index in [0.29, 0.717) is 13.1 Å². The number of aromatic nitrogens is 2. The van der Waals surface area contributed by atoms with Gasteiger partial charge >= 0.3 is 6.03 Å². The summed E-state index contributed by atoms with van der Waals surface area (Å²) in [6.07, 6.45) is 1.72. The van der Waals surface area contributed by atoms with E-state index in [9.17, 15) is 4.79 Å². The van der Waals surface area contributed by atoms with Crippen molar-refractivity contribution >= 4 is 11.8 Å². The highest BCUT2D eigenvalue weighted by molar-refractivity contribution is 5.89. The van der Waals surface area contributed by atoms with Crippen molar-refractivity contribution in [3.05, 3.63) is 35.0 Å². The number of methoxy groups -OCH3 is 2. The Bertz CT molecular complexity index is 831. The number of urea groups is 1. The molecule has 0 aliphatic carbocycles. The molecule has 1 N–H and O–H groups in total. The van der Waals surface area contributed by atoms with Crippen molar-refractivity contribution in [2.75, 3.05) is 32.6 Å². The fraction of sp³-hybridized carbons (Fsp3) is 0.500. The highest BCUT2D eigenvalue weighted by atomic mass is 16.5. The Morgan fingerprint density at radius 3 is 2.78 bits per heavy atom. The predicted molar refractivity (Wildman–Crippen MR) is 105 cm³/mol. The average molecular weight is 372 g/mol. The van der Waals surface area contributed by atoms with Crippen LogP contribution in [0.2, 0.25) is 0 Å². The lowest BCUT2D eigenvalue weighted by atomic mass is 9.97. The molecular weight excluding hydrogens is 344 g/mol. The molecule has 1 fully saturated rings. The molecule has 1 aliphatic heterocycles. The quantitative estimate of drug-likeness (QED) is 0.874. The number of carbonyl (C=O) groups is 1. The van der Waals surface area contributed by atoms with Gasteiger partial charge in [0, 0.05) is 37.2 Å². The van der Waals surface area contributed by atoms with Gasteiger partial charge in [0.25, 0.3) is 0 Å². The van der Waals surface area contributed by atoms with E-state index in [0.717, 1.165) is 47.0 Å². The zero-order valence-corrected chi connectivity index (χ0v) is 16.7. The third kappa shape index (κ3) is 3.59. The van der Waals surface area contributed by atoms with Crippen LogP contribution in [0.25, 0.3) is 0 Å². The number of amides is 2. The van der Waals surface area contributed by atoms with Gasteiger partial charge in [-0.3, -0.25) is 10.00 Å². The molecule has 2 heterocycles. The molecular formula is C20H28N4O3. The van der Waals surface area contributed by atoms with Gasteiger partial charge < -0.3 is 14.4 Å². The third-order valence-electron chi connectivity index (χ3n) is 5.27. The van der Waals surface area contributed by atoms with Crippen molar-refractivity contribution in [3.8, 4) is 11.5 Å². The summed E-state index contributed by atoms with van der Waals surface area (Å²) in [7, 11) is 5.14. The maximum absolute atomic E-state index is 12.8. The molecule has 1 aromatic heterocycles. The van der Waals surface area contributed by atoms with Gasteiger partial charge in [0.2, 0.25) is 0 Å². The number of aryl methyl sites for hydroxylation is 2. The fourth-order valence-electron chi connectivity index (χ4n) is 3.89. The van der Waals surface area contributed by atoms with Gasteiger partial charge in [-0.1, -0.05) is 19.1 Å². The maximum Gasteiger partial charge on any atom is 0.323 e. The van der Waals surface area contributed by atoms with E-state index in [4.69, 9.17) is 9.47 Å². The number of anilines is 1. The van der Waals surface area contributed by atoms with Gasteiger partial charge in [0.15, 0.2) is 11.5 Å². The molecule has 1 saturated heterocycles. The van der Waals surface area contributed by atoms with Gasteiger partial charge in [-0.15, -0.1) is 0 Å². The number of hydrogen-bond donors (Lipinski definition) is 1. The number of benzene rings is 1. The van der Waals surface area contributed by atoms with Crippen molar-refractivity contribution in [3.63, 3.8) is 0 Å². The molecule has 7 heteroatoms. The number of likely N-dealkylation sites (tertiary alicyclic amines) is 1. The first-order valence-corrected chi connectivity index (χ1v) is 9.29. The monoisotopic (exact) mass is 372 g/mol. The van der Waals surface area contributed by atoms with E-state index in [1.165, 1.54) is 0 Å². The first-order chi connectivity index (χ1) is 13.0. The van der Waals surface area contributed by atoms with Crippen LogP contribution >= 0.6 is 0 Å². The number of ether oxygens (including phenoxy) is 2. The Labute approximate surface area is 160 Å². The molecule has 1 atom stereocenters. The lowest BCUT2D eigenvalue weighted by Crippen LogP contribution is -2.33. The second-order valence-corrected chi connectivity index (χ2v) is 6.83. The molecule has 27 heavy (non-hydrogen) atoms. The lowest BCUT2D eigenvalue weighted by Gasteiger charge is -2.20. The molecule has 7 nitrogen and oxygen atoms in total. The number of para-hydroxylation sites is 1. The first-order valence-electron chi connectivity index (χ1n) is 9.29. The Balaban J connectivity index is 1.74. The highest BCUT2D eigenvalue weighted by Gasteiger charge is 2.30. The topological polar surface area (TPSA) is 68.6 Å². The molecule has 0 saturated carbocycles. The molecule has 2 amide bonds. The predicted octanol–water partition coefficient (Wildman–Crippen LogP) is 3.33. The summed E-state index contributed by atoms with van der Waals surface area (Å²) in [5.74, 6) is 2.47. The van der Waals surface area contributed by atoms with Crippen LogP contribution in [0.4, 0.5) is 10.6 Å². The van der Waals surface area contributed by atoms with E-state index < -0.39 is 0 Å². The normalized spacial score (nSPS) is 16.5. The summed E-state index contributed by atoms with van der Waals surface area (Å²) in [6, 6.07) is 5.81. The smallest absolute Gasteiger partial charge is 0.323 e. The molecule has 0 radical (unpaired) electrons. The van der Waals surface area contributed by atoms with Crippen molar-refractivity contribution < 1.29 is 14.3 Å². The third-order valence-corrected chi connectivity index (χ3v) is 5.27. The Morgan fingerprint density at radius 1 is 1.33 bits per heavy atom. The summed E-state index contributed by atoms with van der Waals surface area (Å²) in [4.78, 5) is 14.7. The molecule has 1 aliphatic rings. The lowest BCUT2D eigenvalue weighted by molar-refractivity contribution is 0.221. The zero-order valence-electron chi connectivity index (χ0n) is 16.7. The number of hydrogen-bond acceptors (Lipinski definition) is 4. The minimum absolute atomic E-state index is 0.0861. The Hall–Kier alpha value is -2.70. The van der Waals surface area contributed by atoms with Crippen LogP contribution in [0.15, 0.2) is 18.2 Å². The van der Waals surface area contributed by atoms with E-state index >= 15 is 0 Å². The molecule has 0 spiro atoms. The summed E-state index contributed by atoms with van der Waals surface area (Å²) >= 11 is 0. The zero-order chi connectivity index (χ0) is 19.6. The minimum atomic E-state index is -0.0861. The van der Waals surface area contributed by atoms with Crippen LogP contribution in [-0.4, -0.2) is 48.0 Å². The SMILES string of the molecule is CCc1c(C)nn(C)c1NC(=O)N1CC[C@@H](c2cccc(OC)c2OC)C1. The fourth-order valence-corrected chi connectivity index (χ4v) is 3.89. The van der Waals surface area contributed by atoms with Crippen LogP contribution in [0.3, 0.4) is 0 Å². The van der Waals surface area contributed by atoms with Crippen LogP contribution in [0.5, 0.6) is 11.5 Å². The van der Waals surface area contributed by atoms with Gasteiger partial charge in [-0.25, -0.2) is 4.79 Å². The van der Waals surface area contributed by atoms with Crippen molar-refractivity contribution in [2.24, 2.45) is 7.05 Å². The van der Waals surface area contributed by atoms with Gasteiger partial charge in [-0.05, 0) is 25.8 Å². The van der Waals surface area contributed by atoms with E-state index in [1.54, 1.807) is 18.9 Å². The molecule has 1 aromatic carbocycles. The number of rotatable bonds is 5. The Kier molecular flexibility index (Phi) is 5.58. The van der Waals surface area contributed by atoms with Crippen LogP contribution < -0.4 is 14.8 Å².